The van der Waals surface area contributed by atoms with Gasteiger partial charge in [-0.1, -0.05) is 26.0 Å². The molecule has 0 spiro atoms. The van der Waals surface area contributed by atoms with Gasteiger partial charge < -0.3 is 5.32 Å². The molecule has 28 heavy (non-hydrogen) atoms. The van der Waals surface area contributed by atoms with E-state index in [9.17, 15) is 13.2 Å². The van der Waals surface area contributed by atoms with E-state index in [2.05, 4.69) is 15.5 Å². The number of nitrogens with one attached hydrogen (secondary N) is 2. The Hall–Kier alpha value is -2.97. The first-order valence-corrected chi connectivity index (χ1v) is 10.4. The zero-order chi connectivity index (χ0) is 20.1. The van der Waals surface area contributed by atoms with Gasteiger partial charge in [-0.25, -0.2) is 8.42 Å². The van der Waals surface area contributed by atoms with E-state index in [-0.39, 0.29) is 10.8 Å². The molecule has 1 heterocycles. The number of nitrogens with zero attached hydrogens (tertiary/aromatic N) is 2. The van der Waals surface area contributed by atoms with Crippen LogP contribution in [-0.4, -0.2) is 41.9 Å². The Balaban J connectivity index is 1.71. The van der Waals surface area contributed by atoms with Crippen molar-refractivity contribution >= 4 is 21.6 Å². The van der Waals surface area contributed by atoms with E-state index in [1.54, 1.807) is 32.2 Å². The minimum atomic E-state index is -3.54. The van der Waals surface area contributed by atoms with E-state index < -0.39 is 10.0 Å². The second-order valence-corrected chi connectivity index (χ2v) is 8.05. The van der Waals surface area contributed by atoms with E-state index in [4.69, 9.17) is 0 Å². The van der Waals surface area contributed by atoms with Crippen molar-refractivity contribution in [3.63, 3.8) is 0 Å². The summed E-state index contributed by atoms with van der Waals surface area (Å²) in [7, 11) is -3.54. The first-order valence-electron chi connectivity index (χ1n) is 8.97. The first kappa shape index (κ1) is 19.8. The number of carbonyl (C=O) groups is 1. The Bertz CT molecular complexity index is 1020. The molecule has 0 bridgehead atoms. The quantitative estimate of drug-likeness (QED) is 0.638. The average molecular weight is 398 g/mol. The number of amides is 1. The van der Waals surface area contributed by atoms with Gasteiger partial charge in [0.2, 0.25) is 10.0 Å². The Morgan fingerprint density at radius 3 is 2.18 bits per heavy atom. The highest BCUT2D eigenvalue weighted by molar-refractivity contribution is 7.89. The fourth-order valence-corrected chi connectivity index (χ4v) is 4.30. The number of carbonyl (C=O) groups excluding carboxylic acids is 1. The van der Waals surface area contributed by atoms with Crippen molar-refractivity contribution < 1.29 is 13.2 Å². The second-order valence-electron chi connectivity index (χ2n) is 6.12. The molecule has 0 saturated heterocycles. The Labute approximate surface area is 164 Å². The number of H-pyrrole nitrogens is 1. The molecule has 0 saturated carbocycles. The third-order valence-corrected chi connectivity index (χ3v) is 6.48. The van der Waals surface area contributed by atoms with E-state index in [1.165, 1.54) is 28.6 Å². The maximum Gasteiger partial charge on any atom is 0.255 e. The summed E-state index contributed by atoms with van der Waals surface area (Å²) in [6, 6.07) is 15.2. The lowest BCUT2D eigenvalue weighted by Gasteiger charge is -2.18. The molecule has 146 valence electrons. The van der Waals surface area contributed by atoms with Gasteiger partial charge in [0.1, 0.15) is 0 Å². The average Bonchev–Trinajstić information content (AvgIpc) is 3.24. The minimum absolute atomic E-state index is 0.177. The molecular weight excluding hydrogens is 376 g/mol. The van der Waals surface area contributed by atoms with Crippen LogP contribution in [0.3, 0.4) is 0 Å². The van der Waals surface area contributed by atoms with Crippen LogP contribution in [0.2, 0.25) is 0 Å². The van der Waals surface area contributed by atoms with Gasteiger partial charge >= 0.3 is 0 Å². The molecular formula is C20H22N4O3S. The third kappa shape index (κ3) is 4.13. The lowest BCUT2D eigenvalue weighted by atomic mass is 10.1. The van der Waals surface area contributed by atoms with Crippen LogP contribution in [0.5, 0.6) is 0 Å². The molecule has 7 nitrogen and oxygen atoms in total. The summed E-state index contributed by atoms with van der Waals surface area (Å²) in [5, 5.41) is 9.61. The molecule has 8 heteroatoms. The zero-order valence-corrected chi connectivity index (χ0v) is 16.5. The molecule has 0 unspecified atom stereocenters. The van der Waals surface area contributed by atoms with Crippen molar-refractivity contribution in [2.75, 3.05) is 18.4 Å². The second kappa shape index (κ2) is 8.37. The highest BCUT2D eigenvalue weighted by Crippen LogP contribution is 2.20. The predicted molar refractivity (Wildman–Crippen MR) is 109 cm³/mol. The SMILES string of the molecule is CCN(CC)S(=O)(=O)c1ccc(C(=O)Nc2ccc(-c3ccn[nH]3)cc2)cc1. The van der Waals surface area contributed by atoms with Crippen LogP contribution < -0.4 is 5.32 Å². The lowest BCUT2D eigenvalue weighted by Crippen LogP contribution is -2.30. The van der Waals surface area contributed by atoms with Gasteiger partial charge in [0, 0.05) is 30.5 Å². The van der Waals surface area contributed by atoms with Gasteiger partial charge in [-0.2, -0.15) is 9.40 Å². The van der Waals surface area contributed by atoms with Crippen molar-refractivity contribution in [2.24, 2.45) is 0 Å². The summed E-state index contributed by atoms with van der Waals surface area (Å²) in [5.41, 5.74) is 2.88. The normalized spacial score (nSPS) is 11.5. The number of anilines is 1. The highest BCUT2D eigenvalue weighted by Gasteiger charge is 2.21. The van der Waals surface area contributed by atoms with E-state index >= 15 is 0 Å². The summed E-state index contributed by atoms with van der Waals surface area (Å²) in [5.74, 6) is -0.305. The number of benzene rings is 2. The first-order chi connectivity index (χ1) is 13.5. The van der Waals surface area contributed by atoms with Crippen LogP contribution in [0.1, 0.15) is 24.2 Å². The molecule has 2 aromatic carbocycles. The van der Waals surface area contributed by atoms with Crippen molar-refractivity contribution in [2.45, 2.75) is 18.7 Å². The number of aromatic amines is 1. The number of sulfonamides is 1. The Morgan fingerprint density at radius 2 is 1.64 bits per heavy atom. The highest BCUT2D eigenvalue weighted by atomic mass is 32.2. The van der Waals surface area contributed by atoms with Gasteiger partial charge in [0.25, 0.3) is 5.91 Å². The van der Waals surface area contributed by atoms with Crippen molar-refractivity contribution in [1.29, 1.82) is 0 Å². The van der Waals surface area contributed by atoms with E-state index in [0.717, 1.165) is 11.3 Å². The Morgan fingerprint density at radius 1 is 1.00 bits per heavy atom. The van der Waals surface area contributed by atoms with Crippen molar-refractivity contribution in [3.05, 3.63) is 66.4 Å². The smallest absolute Gasteiger partial charge is 0.255 e. The summed E-state index contributed by atoms with van der Waals surface area (Å²) < 4.78 is 26.4. The minimum Gasteiger partial charge on any atom is -0.322 e. The van der Waals surface area contributed by atoms with Crippen LogP contribution in [0.15, 0.2) is 65.7 Å². The van der Waals surface area contributed by atoms with Crippen LogP contribution in [0, 0.1) is 0 Å². The summed E-state index contributed by atoms with van der Waals surface area (Å²) in [6.45, 7) is 4.38. The largest absolute Gasteiger partial charge is 0.322 e. The van der Waals surface area contributed by atoms with Gasteiger partial charge in [0.15, 0.2) is 0 Å². The number of rotatable bonds is 7. The molecule has 0 fully saturated rings. The van der Waals surface area contributed by atoms with Crippen molar-refractivity contribution in [3.8, 4) is 11.3 Å². The van der Waals surface area contributed by atoms with Crippen LogP contribution in [0.4, 0.5) is 5.69 Å². The van der Waals surface area contributed by atoms with Crippen LogP contribution in [-0.2, 0) is 10.0 Å². The number of hydrogen-bond acceptors (Lipinski definition) is 4. The standard InChI is InChI=1S/C20H22N4O3S/c1-3-24(4-2)28(26,27)18-11-7-16(8-12-18)20(25)22-17-9-5-15(6-10-17)19-13-14-21-23-19/h5-14H,3-4H2,1-2H3,(H,21,23)(H,22,25). The van der Waals surface area contributed by atoms with Crippen LogP contribution in [0.25, 0.3) is 11.3 Å². The van der Waals surface area contributed by atoms with E-state index in [0.29, 0.717) is 24.3 Å². The Kier molecular flexibility index (Phi) is 5.91. The summed E-state index contributed by atoms with van der Waals surface area (Å²) in [4.78, 5) is 12.6. The van der Waals surface area contributed by atoms with Gasteiger partial charge in [-0.05, 0) is 48.0 Å². The molecule has 0 aliphatic carbocycles. The third-order valence-electron chi connectivity index (χ3n) is 4.41. The van der Waals surface area contributed by atoms with Crippen LogP contribution >= 0.6 is 0 Å². The van der Waals surface area contributed by atoms with Gasteiger partial charge in [-0.15, -0.1) is 0 Å². The lowest BCUT2D eigenvalue weighted by molar-refractivity contribution is 0.102. The maximum absolute atomic E-state index is 12.5. The molecule has 1 aromatic heterocycles. The van der Waals surface area contributed by atoms with Gasteiger partial charge in [0.05, 0.1) is 10.6 Å². The fourth-order valence-electron chi connectivity index (χ4n) is 2.84. The predicted octanol–water partition coefficient (Wildman–Crippen LogP) is 3.36. The molecule has 3 rings (SSSR count). The van der Waals surface area contributed by atoms with Crippen molar-refractivity contribution in [1.82, 2.24) is 14.5 Å². The summed E-state index contributed by atoms with van der Waals surface area (Å²) >= 11 is 0. The molecule has 0 atom stereocenters. The summed E-state index contributed by atoms with van der Waals surface area (Å²) in [6.07, 6.45) is 1.68. The molecule has 2 N–H and O–H groups in total. The number of aromatic nitrogens is 2. The molecule has 1 amide bonds. The van der Waals surface area contributed by atoms with E-state index in [1.807, 2.05) is 18.2 Å². The molecule has 0 aliphatic rings. The van der Waals surface area contributed by atoms with Gasteiger partial charge in [-0.3, -0.25) is 9.89 Å². The molecule has 0 radical (unpaired) electrons. The zero-order valence-electron chi connectivity index (χ0n) is 15.7. The monoisotopic (exact) mass is 398 g/mol. The maximum atomic E-state index is 12.5. The number of hydrogen-bond donors (Lipinski definition) is 2. The fraction of sp³-hybridized carbons (Fsp3) is 0.200. The topological polar surface area (TPSA) is 95.2 Å². The molecule has 3 aromatic rings. The molecule has 0 aliphatic heterocycles.